The standard InChI is InChI=1S/C22H28N6O4/c1-21(2,3)32-20(30)27-7-6-22(13-27)17-15(9-24-19(26-17)23-8-14-4-5-14)11-28(18(22)29)16-10-25-31-12-16/h9-10,12,14H,4-8,11,13H2,1-3H3,(H,23,24,26). The van der Waals surface area contributed by atoms with Crippen molar-refractivity contribution in [3.05, 3.63) is 29.9 Å². The largest absolute Gasteiger partial charge is 0.444 e. The maximum absolute atomic E-state index is 13.8. The summed E-state index contributed by atoms with van der Waals surface area (Å²) < 4.78 is 10.5. The molecule has 3 aliphatic rings. The second-order valence-corrected chi connectivity index (χ2v) is 9.90. The molecule has 10 heteroatoms. The van der Waals surface area contributed by atoms with Gasteiger partial charge < -0.3 is 24.4 Å². The molecule has 1 saturated heterocycles. The summed E-state index contributed by atoms with van der Waals surface area (Å²) in [6.07, 6.45) is 7.22. The zero-order chi connectivity index (χ0) is 22.5. The van der Waals surface area contributed by atoms with E-state index in [1.165, 1.54) is 25.3 Å². The van der Waals surface area contributed by atoms with Crippen LogP contribution in [-0.2, 0) is 21.5 Å². The minimum atomic E-state index is -0.972. The van der Waals surface area contributed by atoms with Gasteiger partial charge in [-0.25, -0.2) is 14.8 Å². The summed E-state index contributed by atoms with van der Waals surface area (Å²) in [6, 6.07) is 0. The first-order valence-electron chi connectivity index (χ1n) is 11.0. The van der Waals surface area contributed by atoms with Crippen LogP contribution in [-0.4, -0.2) is 57.3 Å². The summed E-state index contributed by atoms with van der Waals surface area (Å²) in [7, 11) is 0. The van der Waals surface area contributed by atoms with Crippen molar-refractivity contribution in [1.29, 1.82) is 0 Å². The third kappa shape index (κ3) is 3.78. The molecule has 0 aromatic carbocycles. The van der Waals surface area contributed by atoms with Gasteiger partial charge in [-0.15, -0.1) is 0 Å². The van der Waals surface area contributed by atoms with E-state index in [1.807, 2.05) is 20.8 Å². The van der Waals surface area contributed by atoms with Crippen LogP contribution in [0, 0.1) is 5.92 Å². The van der Waals surface area contributed by atoms with Gasteiger partial charge in [0.25, 0.3) is 0 Å². The number of hydrogen-bond donors (Lipinski definition) is 1. The third-order valence-corrected chi connectivity index (χ3v) is 6.20. The van der Waals surface area contributed by atoms with Crippen molar-refractivity contribution >= 4 is 23.6 Å². The van der Waals surface area contributed by atoms with E-state index in [0.717, 1.165) is 12.1 Å². The van der Waals surface area contributed by atoms with Gasteiger partial charge in [0.2, 0.25) is 11.9 Å². The van der Waals surface area contributed by atoms with E-state index >= 15 is 0 Å². The first-order valence-corrected chi connectivity index (χ1v) is 11.0. The van der Waals surface area contributed by atoms with E-state index in [4.69, 9.17) is 14.2 Å². The Bertz CT molecular complexity index is 1030. The van der Waals surface area contributed by atoms with Gasteiger partial charge in [-0.2, -0.15) is 0 Å². The molecule has 2 aromatic rings. The molecule has 170 valence electrons. The SMILES string of the molecule is CC(C)(C)OC(=O)N1CCC2(C1)C(=O)N(c1cnoc1)Cc1cnc(NCC3CC3)nc12. The molecule has 0 radical (unpaired) electrons. The maximum atomic E-state index is 13.8. The molecular formula is C22H28N6O4. The number of rotatable bonds is 4. The van der Waals surface area contributed by atoms with Crippen molar-refractivity contribution in [2.75, 3.05) is 29.9 Å². The Balaban J connectivity index is 1.49. The Kier molecular flexibility index (Phi) is 4.83. The molecule has 4 heterocycles. The average Bonchev–Trinajstić information content (AvgIpc) is 3.22. The van der Waals surface area contributed by atoms with Crippen LogP contribution in [0.25, 0.3) is 0 Å². The molecule has 1 spiro atoms. The van der Waals surface area contributed by atoms with E-state index in [1.54, 1.807) is 16.0 Å². The lowest BCUT2D eigenvalue weighted by Crippen LogP contribution is -2.53. The summed E-state index contributed by atoms with van der Waals surface area (Å²) in [6.45, 7) is 7.26. The maximum Gasteiger partial charge on any atom is 0.410 e. The number of anilines is 2. The minimum absolute atomic E-state index is 0.119. The molecule has 1 aliphatic carbocycles. The third-order valence-electron chi connectivity index (χ3n) is 6.20. The fraction of sp³-hybridized carbons (Fsp3) is 0.591. The van der Waals surface area contributed by atoms with Crippen LogP contribution in [0.5, 0.6) is 0 Å². The second kappa shape index (κ2) is 7.46. The molecular weight excluding hydrogens is 412 g/mol. The molecule has 1 N–H and O–H groups in total. The van der Waals surface area contributed by atoms with Gasteiger partial charge in [-0.3, -0.25) is 4.79 Å². The smallest absolute Gasteiger partial charge is 0.410 e. The summed E-state index contributed by atoms with van der Waals surface area (Å²) in [4.78, 5) is 39.1. The van der Waals surface area contributed by atoms with Gasteiger partial charge in [0.15, 0.2) is 0 Å². The van der Waals surface area contributed by atoms with Crippen LogP contribution >= 0.6 is 0 Å². The Morgan fingerprint density at radius 1 is 1.34 bits per heavy atom. The predicted octanol–water partition coefficient (Wildman–Crippen LogP) is 2.71. The second-order valence-electron chi connectivity index (χ2n) is 9.90. The fourth-order valence-electron chi connectivity index (χ4n) is 4.38. The molecule has 5 rings (SSSR count). The number of amides is 2. The van der Waals surface area contributed by atoms with Crippen LogP contribution in [0.4, 0.5) is 16.4 Å². The highest BCUT2D eigenvalue weighted by Gasteiger charge is 2.55. The normalized spacial score (nSPS) is 22.9. The number of fused-ring (bicyclic) bond motifs is 2. The Morgan fingerprint density at radius 3 is 2.84 bits per heavy atom. The Labute approximate surface area is 186 Å². The Hall–Kier alpha value is -3.17. The van der Waals surface area contributed by atoms with Gasteiger partial charge in [-0.05, 0) is 46.0 Å². The zero-order valence-electron chi connectivity index (χ0n) is 18.6. The number of carbonyl (C=O) groups excluding carboxylic acids is 2. The number of carbonyl (C=O) groups is 2. The van der Waals surface area contributed by atoms with E-state index in [-0.39, 0.29) is 12.5 Å². The van der Waals surface area contributed by atoms with Crippen LogP contribution in [0.15, 0.2) is 23.2 Å². The van der Waals surface area contributed by atoms with E-state index in [9.17, 15) is 9.59 Å². The lowest BCUT2D eigenvalue weighted by Gasteiger charge is -2.39. The van der Waals surface area contributed by atoms with Crippen molar-refractivity contribution < 1.29 is 18.8 Å². The number of hydrogen-bond acceptors (Lipinski definition) is 8. The highest BCUT2D eigenvalue weighted by Crippen LogP contribution is 2.43. The summed E-state index contributed by atoms with van der Waals surface area (Å²) in [5.74, 6) is 1.08. The quantitative estimate of drug-likeness (QED) is 0.772. The molecule has 32 heavy (non-hydrogen) atoms. The van der Waals surface area contributed by atoms with Gasteiger partial charge in [0.1, 0.15) is 23.0 Å². The first-order chi connectivity index (χ1) is 15.2. The van der Waals surface area contributed by atoms with Gasteiger partial charge in [0.05, 0.1) is 18.4 Å². The van der Waals surface area contributed by atoms with Gasteiger partial charge in [0, 0.05) is 31.4 Å². The van der Waals surface area contributed by atoms with Crippen molar-refractivity contribution in [3.63, 3.8) is 0 Å². The van der Waals surface area contributed by atoms with Crippen molar-refractivity contribution in [2.24, 2.45) is 5.92 Å². The molecule has 2 amide bonds. The number of likely N-dealkylation sites (tertiary alicyclic amines) is 1. The first kappa shape index (κ1) is 20.7. The molecule has 10 nitrogen and oxygen atoms in total. The highest BCUT2D eigenvalue weighted by molar-refractivity contribution is 6.03. The predicted molar refractivity (Wildman–Crippen MR) is 115 cm³/mol. The number of aromatic nitrogens is 3. The highest BCUT2D eigenvalue weighted by atomic mass is 16.6. The molecule has 1 saturated carbocycles. The average molecular weight is 441 g/mol. The molecule has 2 aromatic heterocycles. The molecule has 2 fully saturated rings. The lowest BCUT2D eigenvalue weighted by atomic mass is 9.77. The fourth-order valence-corrected chi connectivity index (χ4v) is 4.38. The molecule has 1 atom stereocenters. The van der Waals surface area contributed by atoms with Crippen LogP contribution in [0.2, 0.25) is 0 Å². The van der Waals surface area contributed by atoms with Gasteiger partial charge >= 0.3 is 6.09 Å². The van der Waals surface area contributed by atoms with Crippen LogP contribution in [0.3, 0.4) is 0 Å². The molecule has 1 unspecified atom stereocenters. The van der Waals surface area contributed by atoms with E-state index in [0.29, 0.717) is 42.8 Å². The summed E-state index contributed by atoms with van der Waals surface area (Å²) in [5.41, 5.74) is 0.536. The van der Waals surface area contributed by atoms with E-state index < -0.39 is 17.1 Å². The van der Waals surface area contributed by atoms with Crippen LogP contribution in [0.1, 0.15) is 51.3 Å². The molecule has 0 bridgehead atoms. The summed E-state index contributed by atoms with van der Waals surface area (Å²) >= 11 is 0. The van der Waals surface area contributed by atoms with Gasteiger partial charge in [-0.1, -0.05) is 5.16 Å². The topological polar surface area (TPSA) is 114 Å². The van der Waals surface area contributed by atoms with Crippen molar-refractivity contribution in [2.45, 2.75) is 57.6 Å². The number of ether oxygens (including phenoxy) is 1. The number of nitrogens with zero attached hydrogens (tertiary/aromatic N) is 5. The van der Waals surface area contributed by atoms with Crippen LogP contribution < -0.4 is 10.2 Å². The zero-order valence-corrected chi connectivity index (χ0v) is 18.6. The minimum Gasteiger partial charge on any atom is -0.444 e. The lowest BCUT2D eigenvalue weighted by molar-refractivity contribution is -0.124. The Morgan fingerprint density at radius 2 is 2.16 bits per heavy atom. The van der Waals surface area contributed by atoms with Crippen molar-refractivity contribution in [3.8, 4) is 0 Å². The van der Waals surface area contributed by atoms with Crippen molar-refractivity contribution in [1.82, 2.24) is 20.0 Å². The molecule has 2 aliphatic heterocycles. The number of nitrogens with one attached hydrogen (secondary N) is 1. The monoisotopic (exact) mass is 440 g/mol. The summed E-state index contributed by atoms with van der Waals surface area (Å²) in [5, 5.41) is 7.06. The van der Waals surface area contributed by atoms with E-state index in [2.05, 4.69) is 15.5 Å².